The topological polar surface area (TPSA) is 102 Å². The molecule has 1 N–H and O–H groups in total. The van der Waals surface area contributed by atoms with E-state index < -0.39 is 22.1 Å². The van der Waals surface area contributed by atoms with Gasteiger partial charge >= 0.3 is 5.97 Å². The Morgan fingerprint density at radius 1 is 1.36 bits per heavy atom. The Balaban J connectivity index is 2.12. The molecule has 1 aliphatic heterocycles. The highest BCUT2D eigenvalue weighted by Crippen LogP contribution is 2.23. The molecule has 1 fully saturated rings. The Kier molecular flexibility index (Phi) is 6.38. The lowest BCUT2D eigenvalue weighted by atomic mass is 10.2. The molecule has 0 spiro atoms. The summed E-state index contributed by atoms with van der Waals surface area (Å²) in [6.07, 6.45) is 2.06. The summed E-state index contributed by atoms with van der Waals surface area (Å²) in [6, 6.07) is 6.26. The van der Waals surface area contributed by atoms with Gasteiger partial charge in [0, 0.05) is 13.2 Å². The van der Waals surface area contributed by atoms with E-state index in [1.807, 2.05) is 0 Å². The average molecular weight is 370 g/mol. The summed E-state index contributed by atoms with van der Waals surface area (Å²) in [4.78, 5) is 23.8. The predicted octanol–water partition coefficient (Wildman–Crippen LogP) is 0.534. The molecule has 1 unspecified atom stereocenters. The van der Waals surface area contributed by atoms with Gasteiger partial charge in [-0.05, 0) is 25.0 Å². The molecule has 1 aromatic rings. The second-order valence-corrected chi connectivity index (χ2v) is 7.54. The van der Waals surface area contributed by atoms with Gasteiger partial charge in [0.2, 0.25) is 15.9 Å². The maximum Gasteiger partial charge on any atom is 0.340 e. The smallest absolute Gasteiger partial charge is 0.340 e. The molecule has 1 atom stereocenters. The molecule has 1 aromatic carbocycles. The Hall–Kier alpha value is -2.13. The zero-order valence-corrected chi connectivity index (χ0v) is 15.0. The van der Waals surface area contributed by atoms with Gasteiger partial charge in [0.05, 0.1) is 31.2 Å². The molecule has 9 heteroatoms. The fourth-order valence-electron chi connectivity index (χ4n) is 2.62. The van der Waals surface area contributed by atoms with Crippen LogP contribution in [0.2, 0.25) is 0 Å². The first-order valence-corrected chi connectivity index (χ1v) is 9.74. The first kappa shape index (κ1) is 19.2. The average Bonchev–Trinajstić information content (AvgIpc) is 3.11. The van der Waals surface area contributed by atoms with Crippen molar-refractivity contribution in [2.75, 3.05) is 37.4 Å². The molecule has 1 saturated heterocycles. The Labute approximate surface area is 147 Å². The maximum absolute atomic E-state index is 12.2. The van der Waals surface area contributed by atoms with Crippen molar-refractivity contribution in [2.45, 2.75) is 18.9 Å². The molecule has 0 aromatic heterocycles. The molecule has 0 saturated carbocycles. The molecule has 25 heavy (non-hydrogen) atoms. The van der Waals surface area contributed by atoms with Crippen LogP contribution in [0.25, 0.3) is 0 Å². The van der Waals surface area contributed by atoms with E-state index in [1.165, 1.54) is 19.2 Å². The van der Waals surface area contributed by atoms with Crippen molar-refractivity contribution in [1.82, 2.24) is 5.32 Å². The third-order valence-electron chi connectivity index (χ3n) is 3.81. The van der Waals surface area contributed by atoms with Crippen molar-refractivity contribution in [3.8, 4) is 0 Å². The number of carbonyl (C=O) groups is 2. The van der Waals surface area contributed by atoms with Crippen molar-refractivity contribution in [1.29, 1.82) is 0 Å². The number of nitrogens with zero attached hydrogens (tertiary/aromatic N) is 1. The zero-order valence-electron chi connectivity index (χ0n) is 14.2. The van der Waals surface area contributed by atoms with E-state index in [4.69, 9.17) is 9.47 Å². The first-order chi connectivity index (χ1) is 11.8. The lowest BCUT2D eigenvalue weighted by molar-refractivity contribution is -0.129. The Morgan fingerprint density at radius 3 is 2.68 bits per heavy atom. The molecule has 0 aliphatic carbocycles. The number of hydrogen-bond acceptors (Lipinski definition) is 6. The van der Waals surface area contributed by atoms with Crippen molar-refractivity contribution in [2.24, 2.45) is 0 Å². The number of ether oxygens (including phenoxy) is 2. The fraction of sp³-hybridized carbons (Fsp3) is 0.500. The molecule has 8 nitrogen and oxygen atoms in total. The van der Waals surface area contributed by atoms with Gasteiger partial charge < -0.3 is 14.8 Å². The summed E-state index contributed by atoms with van der Waals surface area (Å²) < 4.78 is 35.4. The molecule has 0 radical (unpaired) electrons. The van der Waals surface area contributed by atoms with E-state index >= 15 is 0 Å². The summed E-state index contributed by atoms with van der Waals surface area (Å²) in [5.41, 5.74) is 0.351. The number of amides is 1. The number of esters is 1. The van der Waals surface area contributed by atoms with Gasteiger partial charge in [0.15, 0.2) is 0 Å². The van der Waals surface area contributed by atoms with Crippen molar-refractivity contribution >= 4 is 27.6 Å². The number of para-hydroxylation sites is 1. The van der Waals surface area contributed by atoms with Crippen molar-refractivity contribution in [3.63, 3.8) is 0 Å². The van der Waals surface area contributed by atoms with Gasteiger partial charge in [0.1, 0.15) is 6.10 Å². The lowest BCUT2D eigenvalue weighted by Crippen LogP contribution is -2.41. The molecular weight excluding hydrogens is 348 g/mol. The number of carbonyl (C=O) groups excluding carboxylic acids is 2. The van der Waals surface area contributed by atoms with Crippen LogP contribution in [0.1, 0.15) is 23.2 Å². The third kappa shape index (κ3) is 4.93. The van der Waals surface area contributed by atoms with Crippen LogP contribution in [0.3, 0.4) is 0 Å². The molecule has 138 valence electrons. The summed E-state index contributed by atoms with van der Waals surface area (Å²) >= 11 is 0. The summed E-state index contributed by atoms with van der Waals surface area (Å²) in [5.74, 6) is -0.889. The minimum Gasteiger partial charge on any atom is -0.465 e. The second-order valence-electron chi connectivity index (χ2n) is 5.64. The van der Waals surface area contributed by atoms with Crippen LogP contribution in [0.4, 0.5) is 5.69 Å². The van der Waals surface area contributed by atoms with Crippen LogP contribution in [0, 0.1) is 0 Å². The lowest BCUT2D eigenvalue weighted by Gasteiger charge is -2.24. The summed E-state index contributed by atoms with van der Waals surface area (Å²) in [5, 5.41) is 2.67. The number of anilines is 1. The molecular formula is C16H22N2O6S. The highest BCUT2D eigenvalue weighted by molar-refractivity contribution is 7.92. The van der Waals surface area contributed by atoms with Crippen LogP contribution in [0.15, 0.2) is 24.3 Å². The van der Waals surface area contributed by atoms with E-state index in [0.29, 0.717) is 13.0 Å². The predicted molar refractivity (Wildman–Crippen MR) is 92.0 cm³/mol. The minimum atomic E-state index is -3.66. The van der Waals surface area contributed by atoms with Crippen molar-refractivity contribution in [3.05, 3.63) is 29.8 Å². The number of sulfonamides is 1. The van der Waals surface area contributed by atoms with E-state index in [1.54, 1.807) is 12.1 Å². The third-order valence-corrected chi connectivity index (χ3v) is 4.99. The molecule has 1 amide bonds. The fourth-order valence-corrected chi connectivity index (χ4v) is 3.56. The van der Waals surface area contributed by atoms with E-state index in [9.17, 15) is 18.0 Å². The molecule has 1 heterocycles. The van der Waals surface area contributed by atoms with Gasteiger partial charge in [0.25, 0.3) is 0 Å². The van der Waals surface area contributed by atoms with E-state index in [2.05, 4.69) is 5.32 Å². The number of nitrogens with one attached hydrogen (secondary N) is 1. The molecule has 1 aliphatic rings. The second kappa shape index (κ2) is 8.30. The Bertz CT molecular complexity index is 728. The van der Waals surface area contributed by atoms with Crippen LogP contribution in [-0.4, -0.2) is 59.5 Å². The van der Waals surface area contributed by atoms with Gasteiger partial charge in [-0.1, -0.05) is 12.1 Å². The number of methoxy groups -OCH3 is 1. The SMILES string of the molecule is COC(=O)c1ccccc1N(CCNC(=O)C1CCCO1)S(C)(=O)=O. The summed E-state index contributed by atoms with van der Waals surface area (Å²) in [6.45, 7) is 0.645. The monoisotopic (exact) mass is 370 g/mol. The van der Waals surface area contributed by atoms with E-state index in [-0.39, 0.29) is 30.2 Å². The molecule has 2 rings (SSSR count). The van der Waals surface area contributed by atoms with Gasteiger partial charge in [-0.2, -0.15) is 0 Å². The molecule has 0 bridgehead atoms. The maximum atomic E-state index is 12.2. The van der Waals surface area contributed by atoms with Crippen LogP contribution in [-0.2, 0) is 24.3 Å². The highest BCUT2D eigenvalue weighted by atomic mass is 32.2. The van der Waals surface area contributed by atoms with Gasteiger partial charge in [-0.3, -0.25) is 9.10 Å². The van der Waals surface area contributed by atoms with E-state index in [0.717, 1.165) is 17.0 Å². The Morgan fingerprint density at radius 2 is 2.08 bits per heavy atom. The number of hydrogen-bond donors (Lipinski definition) is 1. The van der Waals surface area contributed by atoms with Crippen LogP contribution >= 0.6 is 0 Å². The zero-order chi connectivity index (χ0) is 18.4. The number of rotatable bonds is 7. The minimum absolute atomic E-state index is 0.00863. The highest BCUT2D eigenvalue weighted by Gasteiger charge is 2.25. The van der Waals surface area contributed by atoms with Gasteiger partial charge in [-0.25, -0.2) is 13.2 Å². The van der Waals surface area contributed by atoms with Crippen LogP contribution < -0.4 is 9.62 Å². The quantitative estimate of drug-likeness (QED) is 0.703. The standard InChI is InChI=1S/C16H22N2O6S/c1-23-16(20)12-6-3-4-7-13(12)18(25(2,21)22)10-9-17-15(19)14-8-5-11-24-14/h3-4,6-7,14H,5,8-11H2,1-2H3,(H,17,19). The normalized spacial score (nSPS) is 17.1. The van der Waals surface area contributed by atoms with Crippen LogP contribution in [0.5, 0.6) is 0 Å². The first-order valence-electron chi connectivity index (χ1n) is 7.89. The summed E-state index contributed by atoms with van der Waals surface area (Å²) in [7, 11) is -2.43. The number of benzene rings is 1. The van der Waals surface area contributed by atoms with Crippen molar-refractivity contribution < 1.29 is 27.5 Å². The van der Waals surface area contributed by atoms with Gasteiger partial charge in [-0.15, -0.1) is 0 Å². The largest absolute Gasteiger partial charge is 0.465 e.